The quantitative estimate of drug-likeness (QED) is 0.516. The summed E-state index contributed by atoms with van der Waals surface area (Å²) in [4.78, 5) is 36.8. The fourth-order valence-electron chi connectivity index (χ4n) is 2.78. The second-order valence-electron chi connectivity index (χ2n) is 6.65. The zero-order valence-corrected chi connectivity index (χ0v) is 17.8. The van der Waals surface area contributed by atoms with Gasteiger partial charge in [-0.15, -0.1) is 0 Å². The number of methoxy groups -OCH3 is 2. The van der Waals surface area contributed by atoms with Crippen molar-refractivity contribution in [3.63, 3.8) is 0 Å². The highest BCUT2D eigenvalue weighted by Gasteiger charge is 2.16. The Morgan fingerprint density at radius 2 is 1.75 bits per heavy atom. The monoisotopic (exact) mass is 438 g/mol. The molecule has 2 N–H and O–H groups in total. The third kappa shape index (κ3) is 5.45. The number of esters is 1. The van der Waals surface area contributed by atoms with Gasteiger partial charge in [0.25, 0.3) is 11.8 Å². The molecule has 0 bridgehead atoms. The van der Waals surface area contributed by atoms with Crippen molar-refractivity contribution in [1.82, 2.24) is 0 Å². The van der Waals surface area contributed by atoms with Crippen LogP contribution in [0.3, 0.4) is 0 Å². The molecule has 166 valence electrons. The molecular weight excluding hydrogens is 416 g/mol. The van der Waals surface area contributed by atoms with Crippen molar-refractivity contribution in [2.75, 3.05) is 31.5 Å². The van der Waals surface area contributed by atoms with Gasteiger partial charge >= 0.3 is 5.97 Å². The average Bonchev–Trinajstić information content (AvgIpc) is 3.34. The maximum Gasteiger partial charge on any atom is 0.338 e. The molecule has 0 radical (unpaired) electrons. The van der Waals surface area contributed by atoms with Crippen LogP contribution in [0.25, 0.3) is 0 Å². The summed E-state index contributed by atoms with van der Waals surface area (Å²) in [5, 5.41) is 5.30. The number of furan rings is 1. The summed E-state index contributed by atoms with van der Waals surface area (Å²) in [6, 6.07) is 12.7. The van der Waals surface area contributed by atoms with Gasteiger partial charge in [0.05, 0.1) is 31.7 Å². The Hall–Kier alpha value is -4.27. The Morgan fingerprint density at radius 1 is 0.938 bits per heavy atom. The van der Waals surface area contributed by atoms with Crippen LogP contribution < -0.4 is 20.1 Å². The smallest absolute Gasteiger partial charge is 0.338 e. The maximum absolute atomic E-state index is 12.4. The van der Waals surface area contributed by atoms with Crippen molar-refractivity contribution >= 4 is 29.2 Å². The lowest BCUT2D eigenvalue weighted by atomic mass is 10.1. The molecule has 0 fully saturated rings. The topological polar surface area (TPSA) is 116 Å². The van der Waals surface area contributed by atoms with Crippen molar-refractivity contribution in [3.8, 4) is 11.5 Å². The van der Waals surface area contributed by atoms with Crippen molar-refractivity contribution in [1.29, 1.82) is 0 Å². The molecular formula is C23H22N2O7. The number of rotatable bonds is 8. The number of nitrogens with one attached hydrogen (secondary N) is 2. The second-order valence-corrected chi connectivity index (χ2v) is 6.65. The van der Waals surface area contributed by atoms with E-state index >= 15 is 0 Å². The molecule has 0 spiro atoms. The van der Waals surface area contributed by atoms with Crippen LogP contribution >= 0.6 is 0 Å². The third-order valence-electron chi connectivity index (χ3n) is 4.48. The fourth-order valence-corrected chi connectivity index (χ4v) is 2.78. The standard InChI is InChI=1S/C23H22N2O7/c1-14-6-7-15(11-18(14)25-22(27)19-5-4-10-31-19)23(28)32-13-21(26)24-17-9-8-16(29-2)12-20(17)30-3/h4-12H,13H2,1-3H3,(H,24,26)(H,25,27). The lowest BCUT2D eigenvalue weighted by molar-refractivity contribution is -0.119. The number of ether oxygens (including phenoxy) is 3. The molecule has 32 heavy (non-hydrogen) atoms. The molecule has 9 heteroatoms. The van der Waals surface area contributed by atoms with E-state index in [1.54, 1.807) is 43.3 Å². The molecule has 0 aliphatic heterocycles. The van der Waals surface area contributed by atoms with Crippen LogP contribution in [0.15, 0.2) is 59.2 Å². The molecule has 2 amide bonds. The SMILES string of the molecule is COc1ccc(NC(=O)COC(=O)c2ccc(C)c(NC(=O)c3ccco3)c2)c(OC)c1. The zero-order valence-electron chi connectivity index (χ0n) is 17.8. The molecule has 0 atom stereocenters. The van der Waals surface area contributed by atoms with Gasteiger partial charge in [-0.2, -0.15) is 0 Å². The van der Waals surface area contributed by atoms with Gasteiger partial charge in [-0.1, -0.05) is 6.07 Å². The Morgan fingerprint density at radius 3 is 2.44 bits per heavy atom. The average molecular weight is 438 g/mol. The summed E-state index contributed by atoms with van der Waals surface area (Å²) in [5.74, 6) is -0.588. The minimum Gasteiger partial charge on any atom is -0.497 e. The van der Waals surface area contributed by atoms with Gasteiger partial charge in [-0.05, 0) is 48.9 Å². The number of hydrogen-bond donors (Lipinski definition) is 2. The molecule has 0 saturated heterocycles. The predicted molar refractivity (Wildman–Crippen MR) is 116 cm³/mol. The molecule has 9 nitrogen and oxygen atoms in total. The van der Waals surface area contributed by atoms with E-state index in [0.29, 0.717) is 22.9 Å². The second kappa shape index (κ2) is 10.2. The summed E-state index contributed by atoms with van der Waals surface area (Å²) >= 11 is 0. The summed E-state index contributed by atoms with van der Waals surface area (Å²) in [6.45, 7) is 1.28. The number of aryl methyl sites for hydroxylation is 1. The Balaban J connectivity index is 1.61. The van der Waals surface area contributed by atoms with Gasteiger partial charge in [0.15, 0.2) is 12.4 Å². The van der Waals surface area contributed by atoms with Gasteiger partial charge in [-0.3, -0.25) is 9.59 Å². The number of amides is 2. The molecule has 3 rings (SSSR count). The van der Waals surface area contributed by atoms with Gasteiger partial charge in [0, 0.05) is 11.8 Å². The maximum atomic E-state index is 12.4. The van der Waals surface area contributed by atoms with Crippen LogP contribution in [0.5, 0.6) is 11.5 Å². The fraction of sp³-hybridized carbons (Fsp3) is 0.174. The molecule has 0 unspecified atom stereocenters. The van der Waals surface area contributed by atoms with Gasteiger partial charge < -0.3 is 29.3 Å². The van der Waals surface area contributed by atoms with Crippen LogP contribution in [0, 0.1) is 6.92 Å². The highest BCUT2D eigenvalue weighted by Crippen LogP contribution is 2.29. The molecule has 0 saturated carbocycles. The van der Waals surface area contributed by atoms with Gasteiger partial charge in [0.1, 0.15) is 11.5 Å². The van der Waals surface area contributed by atoms with E-state index in [9.17, 15) is 14.4 Å². The lowest BCUT2D eigenvalue weighted by Crippen LogP contribution is -2.21. The third-order valence-corrected chi connectivity index (χ3v) is 4.48. The van der Waals surface area contributed by atoms with E-state index in [4.69, 9.17) is 18.6 Å². The summed E-state index contributed by atoms with van der Waals surface area (Å²) in [7, 11) is 2.98. The van der Waals surface area contributed by atoms with E-state index in [1.165, 1.54) is 32.6 Å². The molecule has 1 heterocycles. The molecule has 0 aliphatic carbocycles. The van der Waals surface area contributed by atoms with E-state index in [2.05, 4.69) is 10.6 Å². The number of benzene rings is 2. The van der Waals surface area contributed by atoms with Crippen LogP contribution in [-0.4, -0.2) is 38.6 Å². The summed E-state index contributed by atoms with van der Waals surface area (Å²) in [6.07, 6.45) is 1.39. The van der Waals surface area contributed by atoms with Crippen LogP contribution in [0.1, 0.15) is 26.5 Å². The Bertz CT molecular complexity index is 1120. The molecule has 1 aromatic heterocycles. The number of hydrogen-bond acceptors (Lipinski definition) is 7. The lowest BCUT2D eigenvalue weighted by Gasteiger charge is -2.12. The van der Waals surface area contributed by atoms with Crippen molar-refractivity contribution in [3.05, 3.63) is 71.7 Å². The zero-order chi connectivity index (χ0) is 23.1. The molecule has 2 aromatic carbocycles. The summed E-state index contributed by atoms with van der Waals surface area (Å²) < 4.78 is 20.5. The first-order valence-electron chi connectivity index (χ1n) is 9.55. The van der Waals surface area contributed by atoms with Crippen molar-refractivity contribution < 1.29 is 33.0 Å². The van der Waals surface area contributed by atoms with Crippen LogP contribution in [-0.2, 0) is 9.53 Å². The van der Waals surface area contributed by atoms with E-state index < -0.39 is 24.4 Å². The van der Waals surface area contributed by atoms with Crippen molar-refractivity contribution in [2.24, 2.45) is 0 Å². The van der Waals surface area contributed by atoms with Crippen molar-refractivity contribution in [2.45, 2.75) is 6.92 Å². The Labute approximate surface area is 184 Å². The highest BCUT2D eigenvalue weighted by atomic mass is 16.5. The highest BCUT2D eigenvalue weighted by molar-refractivity contribution is 6.03. The molecule has 0 aliphatic rings. The first-order valence-corrected chi connectivity index (χ1v) is 9.55. The van der Waals surface area contributed by atoms with Gasteiger partial charge in [-0.25, -0.2) is 4.79 Å². The van der Waals surface area contributed by atoms with Crippen LogP contribution in [0.2, 0.25) is 0 Å². The number of carbonyl (C=O) groups is 3. The minimum atomic E-state index is -0.713. The van der Waals surface area contributed by atoms with E-state index in [-0.39, 0.29) is 11.3 Å². The summed E-state index contributed by atoms with van der Waals surface area (Å²) in [5.41, 5.74) is 1.76. The molecule has 3 aromatic rings. The number of anilines is 2. The Kier molecular flexibility index (Phi) is 7.12. The normalized spacial score (nSPS) is 10.2. The van der Waals surface area contributed by atoms with Gasteiger partial charge in [0.2, 0.25) is 0 Å². The number of carbonyl (C=O) groups excluding carboxylic acids is 3. The predicted octanol–water partition coefficient (Wildman–Crippen LogP) is 3.65. The largest absolute Gasteiger partial charge is 0.497 e. The minimum absolute atomic E-state index is 0.142. The first kappa shape index (κ1) is 22.4. The van der Waals surface area contributed by atoms with E-state index in [0.717, 1.165) is 5.56 Å². The van der Waals surface area contributed by atoms with Crippen LogP contribution in [0.4, 0.5) is 11.4 Å². The first-order chi connectivity index (χ1) is 15.4. The van der Waals surface area contributed by atoms with E-state index in [1.807, 2.05) is 0 Å².